The molecule has 8 aromatic rings. The summed E-state index contributed by atoms with van der Waals surface area (Å²) in [5.74, 6) is -1.63. The van der Waals surface area contributed by atoms with Crippen molar-refractivity contribution in [3.63, 3.8) is 0 Å². The van der Waals surface area contributed by atoms with Crippen molar-refractivity contribution < 1.29 is 55.2 Å². The van der Waals surface area contributed by atoms with Crippen LogP contribution in [0.3, 0.4) is 0 Å². The molecular weight excluding hydrogens is 859 g/mol. The molecule has 2 atom stereocenters. The fourth-order valence-electron chi connectivity index (χ4n) is 6.56. The first kappa shape index (κ1) is 45.3. The van der Waals surface area contributed by atoms with Crippen LogP contribution < -0.4 is 9.47 Å². The molecule has 334 valence electrons. The Balaban J connectivity index is 0.000000194. The summed E-state index contributed by atoms with van der Waals surface area (Å²) in [6, 6.07) is 32.9. The van der Waals surface area contributed by atoms with Gasteiger partial charge in [0.05, 0.1) is 17.7 Å². The van der Waals surface area contributed by atoms with Crippen LogP contribution in [0.5, 0.6) is 11.5 Å². The highest BCUT2D eigenvalue weighted by Gasteiger charge is 2.40. The minimum atomic E-state index is -4.53. The van der Waals surface area contributed by atoms with Crippen molar-refractivity contribution in [1.82, 2.24) is 30.0 Å². The minimum Gasteiger partial charge on any atom is -0.478 e. The van der Waals surface area contributed by atoms with E-state index in [0.717, 1.165) is 47.5 Å². The quantitative estimate of drug-likeness (QED) is 0.0984. The first-order valence-electron chi connectivity index (χ1n) is 19.8. The summed E-state index contributed by atoms with van der Waals surface area (Å²) < 4.78 is 94.8. The van der Waals surface area contributed by atoms with Gasteiger partial charge < -0.3 is 19.3 Å². The van der Waals surface area contributed by atoms with Gasteiger partial charge in [-0.2, -0.15) is 26.3 Å². The van der Waals surface area contributed by atoms with Crippen molar-refractivity contribution in [3.8, 4) is 22.9 Å². The van der Waals surface area contributed by atoms with Gasteiger partial charge in [-0.05, 0) is 112 Å². The van der Waals surface area contributed by atoms with E-state index in [4.69, 9.17) is 14.2 Å². The number of benzene rings is 6. The van der Waals surface area contributed by atoms with Gasteiger partial charge in [-0.3, -0.25) is 0 Å². The van der Waals surface area contributed by atoms with Crippen molar-refractivity contribution in [3.05, 3.63) is 167 Å². The van der Waals surface area contributed by atoms with Gasteiger partial charge in [-0.1, -0.05) is 60.7 Å². The second-order valence-corrected chi connectivity index (χ2v) is 14.8. The molecular formula is C47H38F6N6O6. The van der Waals surface area contributed by atoms with Crippen LogP contribution >= 0.6 is 0 Å². The van der Waals surface area contributed by atoms with Gasteiger partial charge in [-0.25, -0.2) is 9.59 Å². The summed E-state index contributed by atoms with van der Waals surface area (Å²) >= 11 is 0. The van der Waals surface area contributed by atoms with Gasteiger partial charge in [0.1, 0.15) is 44.9 Å². The zero-order valence-electron chi connectivity index (χ0n) is 34.9. The number of ether oxygens (including phenoxy) is 3. The maximum atomic E-state index is 13.0. The second kappa shape index (κ2) is 18.1. The Kier molecular flexibility index (Phi) is 12.6. The fourth-order valence-corrected chi connectivity index (χ4v) is 6.56. The smallest absolute Gasteiger partial charge is 0.416 e. The number of carbonyl (C=O) groups excluding carboxylic acids is 1. The van der Waals surface area contributed by atoms with E-state index in [1.54, 1.807) is 55.5 Å². The molecule has 18 heteroatoms. The molecule has 0 aliphatic heterocycles. The molecule has 8 rings (SSSR count). The van der Waals surface area contributed by atoms with E-state index < -0.39 is 47.1 Å². The zero-order chi connectivity index (χ0) is 46.7. The van der Waals surface area contributed by atoms with Crippen LogP contribution in [0.25, 0.3) is 33.4 Å². The van der Waals surface area contributed by atoms with Crippen LogP contribution in [-0.4, -0.2) is 53.6 Å². The van der Waals surface area contributed by atoms with Crippen molar-refractivity contribution >= 4 is 34.0 Å². The Labute approximate surface area is 366 Å². The lowest BCUT2D eigenvalue weighted by molar-refractivity contribution is -0.154. The van der Waals surface area contributed by atoms with Gasteiger partial charge in [-0.15, -0.1) is 30.0 Å². The zero-order valence-corrected chi connectivity index (χ0v) is 34.9. The second-order valence-electron chi connectivity index (χ2n) is 14.8. The molecule has 12 nitrogen and oxygen atoms in total. The minimum absolute atomic E-state index is 0.0584. The van der Waals surface area contributed by atoms with Crippen LogP contribution in [0.4, 0.5) is 26.3 Å². The summed E-state index contributed by atoms with van der Waals surface area (Å²) in [5, 5.41) is 27.7. The highest BCUT2D eigenvalue weighted by molar-refractivity contribution is 5.80. The van der Waals surface area contributed by atoms with Gasteiger partial charge in [0.15, 0.2) is 0 Å². The van der Waals surface area contributed by atoms with Gasteiger partial charge >= 0.3 is 24.3 Å². The largest absolute Gasteiger partial charge is 0.478 e. The number of aromatic nitrogens is 6. The predicted molar refractivity (Wildman–Crippen MR) is 226 cm³/mol. The van der Waals surface area contributed by atoms with Crippen LogP contribution in [0.1, 0.15) is 53.3 Å². The van der Waals surface area contributed by atoms with E-state index in [1.165, 1.54) is 28.6 Å². The molecule has 0 saturated carbocycles. The first-order valence-corrected chi connectivity index (χ1v) is 19.8. The van der Waals surface area contributed by atoms with Gasteiger partial charge in [0, 0.05) is 11.1 Å². The van der Waals surface area contributed by atoms with E-state index in [1.807, 2.05) is 50.2 Å². The highest BCUT2D eigenvalue weighted by Crippen LogP contribution is 2.37. The molecule has 0 bridgehead atoms. The summed E-state index contributed by atoms with van der Waals surface area (Å²) in [5.41, 5.74) is 1.91. The van der Waals surface area contributed by atoms with E-state index in [0.29, 0.717) is 33.4 Å². The molecule has 2 aromatic heterocycles. The highest BCUT2D eigenvalue weighted by atomic mass is 19.4. The van der Waals surface area contributed by atoms with E-state index >= 15 is 0 Å². The summed E-state index contributed by atoms with van der Waals surface area (Å²) in [6.45, 7) is 6.75. The Morgan fingerprint density at radius 1 is 0.600 bits per heavy atom. The molecule has 6 aromatic carbocycles. The molecule has 0 amide bonds. The fraction of sp³-hybridized carbons (Fsp3) is 0.191. The molecule has 0 spiro atoms. The van der Waals surface area contributed by atoms with E-state index in [9.17, 15) is 41.0 Å². The van der Waals surface area contributed by atoms with E-state index in [2.05, 4.69) is 20.4 Å². The molecule has 0 aliphatic carbocycles. The Morgan fingerprint density at radius 3 is 1.42 bits per heavy atom. The normalized spacial score (nSPS) is 13.1. The number of carboxylic acid groups (broad SMARTS) is 1. The number of fused-ring (bicyclic) bond motifs is 2. The summed E-state index contributed by atoms with van der Waals surface area (Å²) in [6.07, 6.45) is -10.3. The molecule has 2 heterocycles. The van der Waals surface area contributed by atoms with Crippen molar-refractivity contribution in [1.29, 1.82) is 0 Å². The number of hydrogen-bond acceptors (Lipinski definition) is 9. The maximum Gasteiger partial charge on any atom is 0.416 e. The number of alkyl halides is 6. The molecule has 0 aliphatic rings. The van der Waals surface area contributed by atoms with Crippen LogP contribution in [0.15, 0.2) is 133 Å². The molecule has 0 fully saturated rings. The van der Waals surface area contributed by atoms with Gasteiger partial charge in [0.2, 0.25) is 11.7 Å². The van der Waals surface area contributed by atoms with Crippen molar-refractivity contribution in [2.75, 3.05) is 6.61 Å². The first-order chi connectivity index (χ1) is 30.8. The van der Waals surface area contributed by atoms with Crippen molar-refractivity contribution in [2.24, 2.45) is 0 Å². The Hall–Kier alpha value is -7.76. The lowest BCUT2D eigenvalue weighted by atomic mass is 9.94. The van der Waals surface area contributed by atoms with Gasteiger partial charge in [0.25, 0.3) is 0 Å². The number of aryl methyl sites for hydroxylation is 2. The molecule has 0 radical (unpaired) electrons. The molecule has 2 unspecified atom stereocenters. The molecule has 0 saturated heterocycles. The SMILES string of the molecule is CCOC(=O)C(Oc1ccc(C)cc1-n1nc2ccccc2n1)c1ccc(C(F)(F)F)cc1.Cc1ccc(OC(C)(C(=O)O)c2ccc(C(F)(F)F)cc2)c(-n2nc3ccccc3n2)c1. The average Bonchev–Trinajstić information content (AvgIpc) is 3.91. The number of aliphatic carboxylic acids is 1. The Bertz CT molecular complexity index is 2920. The lowest BCUT2D eigenvalue weighted by Gasteiger charge is -2.28. The van der Waals surface area contributed by atoms with Crippen LogP contribution in [0, 0.1) is 13.8 Å². The van der Waals surface area contributed by atoms with Crippen LogP contribution in [0.2, 0.25) is 0 Å². The average molecular weight is 897 g/mol. The number of halogens is 6. The predicted octanol–water partition coefficient (Wildman–Crippen LogP) is 10.6. The summed E-state index contributed by atoms with van der Waals surface area (Å²) in [7, 11) is 0. The number of esters is 1. The topological polar surface area (TPSA) is 143 Å². The molecule has 1 N–H and O–H groups in total. The number of nitrogens with zero attached hydrogens (tertiary/aromatic N) is 6. The third-order valence-electron chi connectivity index (χ3n) is 10.0. The lowest BCUT2D eigenvalue weighted by Crippen LogP contribution is -2.39. The van der Waals surface area contributed by atoms with Crippen LogP contribution in [-0.2, 0) is 32.3 Å². The maximum absolute atomic E-state index is 13.0. The number of carbonyl (C=O) groups is 2. The third kappa shape index (κ3) is 10.1. The number of carboxylic acids is 1. The third-order valence-corrected chi connectivity index (χ3v) is 10.0. The van der Waals surface area contributed by atoms with E-state index in [-0.39, 0.29) is 29.2 Å². The standard InChI is InChI=1S/C24H20F3N3O3.C23H18F3N3O3/c1-3-32-23(31)22(16-9-11-17(12-10-16)24(25,26)27)33-21-13-8-15(2)14-20(21)30-28-18-6-4-5-7-19(18)29-30;1-14-7-12-20(19(13-14)29-27-17-5-3-4-6-18(17)28-29)32-22(2,21(30)31)15-8-10-16(11-9-15)23(24,25)26/h4-14,22H,3H2,1-2H3;3-13H,1-2H3,(H,30,31). The number of hydrogen-bond donors (Lipinski definition) is 1. The monoisotopic (exact) mass is 896 g/mol. The number of rotatable bonds is 11. The molecule has 65 heavy (non-hydrogen) atoms. The Morgan fingerprint density at radius 2 is 1.00 bits per heavy atom. The van der Waals surface area contributed by atoms with Crippen molar-refractivity contribution in [2.45, 2.75) is 51.8 Å². The summed E-state index contributed by atoms with van der Waals surface area (Å²) in [4.78, 5) is 27.6.